The Morgan fingerprint density at radius 1 is 1.29 bits per heavy atom. The molecule has 1 saturated heterocycles. The molecule has 0 amide bonds. The molecule has 1 aliphatic rings. The summed E-state index contributed by atoms with van der Waals surface area (Å²) in [6, 6.07) is 9.08. The molecule has 11 nitrogen and oxygen atoms in total. The first kappa shape index (κ1) is 28.0. The van der Waals surface area contributed by atoms with Crippen LogP contribution in [0.1, 0.15) is 40.8 Å². The maximum Gasteiger partial charge on any atom is 0.459 e. The first-order chi connectivity index (χ1) is 18.0. The fraction of sp³-hybridized carbons (Fsp3) is 0.480. The molecule has 2 aromatic heterocycles. The SMILES string of the molecule is CCOC(=O)[C@H](C)NP(=O)(Oc1ccccc1)OC(C)[C@H]1O[C@@H](n2ccc3c(N)ncnc32)[C@](C)(F)[C@@H]1C. The fourth-order valence-corrected chi connectivity index (χ4v) is 6.21. The average molecular weight is 550 g/mol. The summed E-state index contributed by atoms with van der Waals surface area (Å²) in [7, 11) is -4.17. The highest BCUT2D eigenvalue weighted by Gasteiger charge is 2.56. The molecule has 3 heterocycles. The minimum atomic E-state index is -4.17. The van der Waals surface area contributed by atoms with E-state index >= 15 is 4.39 Å². The highest BCUT2D eigenvalue weighted by molar-refractivity contribution is 7.52. The number of nitrogens with two attached hydrogens (primary N) is 1. The molecule has 0 spiro atoms. The molecule has 1 fully saturated rings. The van der Waals surface area contributed by atoms with Crippen LogP contribution in [0.5, 0.6) is 5.75 Å². The zero-order valence-electron chi connectivity index (χ0n) is 21.9. The van der Waals surface area contributed by atoms with Crippen molar-refractivity contribution in [1.82, 2.24) is 19.6 Å². The molecule has 2 unspecified atom stereocenters. The molecule has 0 aliphatic carbocycles. The molecule has 1 aromatic carbocycles. The van der Waals surface area contributed by atoms with Crippen molar-refractivity contribution in [3.05, 3.63) is 48.9 Å². The Kier molecular flexibility index (Phi) is 8.08. The van der Waals surface area contributed by atoms with Gasteiger partial charge in [0.25, 0.3) is 0 Å². The van der Waals surface area contributed by atoms with Crippen LogP contribution >= 0.6 is 7.75 Å². The Balaban J connectivity index is 1.59. The number of anilines is 1. The van der Waals surface area contributed by atoms with Crippen LogP contribution in [-0.2, 0) is 23.4 Å². The standard InChI is InChI=1S/C25H33FN5O6P/c1-6-34-23(32)16(3)30-38(33,37-18-10-8-7-9-11-18)36-17(4)20-15(2)25(5,26)24(35-20)31-13-12-19-21(27)28-14-29-22(19)31/h7-17,20,24H,6H2,1-5H3,(H,30,33)(H2,27,28,29)/t15-,16+,17?,20+,24-,25-,38?/m1/s1. The molecule has 3 N–H and O–H groups in total. The van der Waals surface area contributed by atoms with Crippen LogP contribution in [0.2, 0.25) is 0 Å². The van der Waals surface area contributed by atoms with E-state index in [1.165, 1.54) is 20.2 Å². The van der Waals surface area contributed by atoms with Gasteiger partial charge in [0.1, 0.15) is 29.6 Å². The van der Waals surface area contributed by atoms with Gasteiger partial charge in [-0.05, 0) is 45.9 Å². The number of halogens is 1. The lowest BCUT2D eigenvalue weighted by molar-refractivity contribution is -0.144. The Morgan fingerprint density at radius 2 is 2.00 bits per heavy atom. The van der Waals surface area contributed by atoms with Gasteiger partial charge in [-0.3, -0.25) is 9.32 Å². The topological polar surface area (TPSA) is 140 Å². The number of esters is 1. The number of alkyl halides is 1. The summed E-state index contributed by atoms with van der Waals surface area (Å²) in [6.45, 7) is 8.05. The normalized spacial score (nSPS) is 26.5. The number of benzene rings is 1. The molecule has 7 atom stereocenters. The Morgan fingerprint density at radius 3 is 2.68 bits per heavy atom. The predicted octanol–water partition coefficient (Wildman–Crippen LogP) is 4.41. The van der Waals surface area contributed by atoms with Gasteiger partial charge in [-0.25, -0.2) is 18.9 Å². The summed E-state index contributed by atoms with van der Waals surface area (Å²) in [4.78, 5) is 20.5. The van der Waals surface area contributed by atoms with Gasteiger partial charge in [-0.15, -0.1) is 0 Å². The van der Waals surface area contributed by atoms with Crippen LogP contribution in [0.15, 0.2) is 48.9 Å². The Hall–Kier alpha value is -3.05. The van der Waals surface area contributed by atoms with Gasteiger partial charge in [0, 0.05) is 12.1 Å². The number of rotatable bonds is 10. The maximum absolute atomic E-state index is 16.2. The third kappa shape index (κ3) is 5.54. The van der Waals surface area contributed by atoms with Crippen molar-refractivity contribution in [2.45, 2.75) is 64.8 Å². The van der Waals surface area contributed by atoms with Gasteiger partial charge >= 0.3 is 13.7 Å². The molecule has 4 rings (SSSR count). The quantitative estimate of drug-likeness (QED) is 0.276. The molecular weight excluding hydrogens is 516 g/mol. The van der Waals surface area contributed by atoms with Crippen LogP contribution in [0.25, 0.3) is 11.0 Å². The summed E-state index contributed by atoms with van der Waals surface area (Å²) < 4.78 is 54.5. The molecule has 0 radical (unpaired) electrons. The summed E-state index contributed by atoms with van der Waals surface area (Å²) in [6.07, 6.45) is 0.132. The lowest BCUT2D eigenvalue weighted by atomic mass is 9.88. The van der Waals surface area contributed by atoms with E-state index < -0.39 is 49.8 Å². The van der Waals surface area contributed by atoms with Gasteiger partial charge in [-0.2, -0.15) is 5.09 Å². The zero-order chi connectivity index (χ0) is 27.7. The van der Waals surface area contributed by atoms with Crippen molar-refractivity contribution in [3.8, 4) is 5.75 Å². The van der Waals surface area contributed by atoms with Crippen LogP contribution < -0.4 is 15.3 Å². The van der Waals surface area contributed by atoms with E-state index in [9.17, 15) is 9.36 Å². The average Bonchev–Trinajstić information content (AvgIpc) is 3.38. The first-order valence-corrected chi connectivity index (χ1v) is 13.9. The van der Waals surface area contributed by atoms with Gasteiger partial charge in [0.15, 0.2) is 11.9 Å². The van der Waals surface area contributed by atoms with Gasteiger partial charge in [-0.1, -0.05) is 25.1 Å². The van der Waals surface area contributed by atoms with Gasteiger partial charge in [0.05, 0.1) is 24.2 Å². The van der Waals surface area contributed by atoms with Crippen molar-refractivity contribution >= 4 is 30.6 Å². The number of aromatic nitrogens is 3. The zero-order valence-corrected chi connectivity index (χ0v) is 22.8. The Labute approximate surface area is 220 Å². The number of nitrogen functional groups attached to an aromatic ring is 1. The molecule has 0 bridgehead atoms. The highest BCUT2D eigenvalue weighted by Crippen LogP contribution is 2.52. The third-order valence-electron chi connectivity index (χ3n) is 6.67. The largest absolute Gasteiger partial charge is 0.465 e. The van der Waals surface area contributed by atoms with Crippen molar-refractivity contribution in [1.29, 1.82) is 0 Å². The second kappa shape index (κ2) is 11.0. The lowest BCUT2D eigenvalue weighted by Crippen LogP contribution is -2.39. The van der Waals surface area contributed by atoms with Gasteiger partial charge < -0.3 is 24.3 Å². The van der Waals surface area contributed by atoms with Crippen molar-refractivity contribution < 1.29 is 32.3 Å². The number of carbonyl (C=O) groups excluding carboxylic acids is 1. The number of nitrogens with one attached hydrogen (secondary N) is 1. The van der Waals surface area contributed by atoms with E-state index in [1.54, 1.807) is 67.9 Å². The van der Waals surface area contributed by atoms with Crippen LogP contribution in [0, 0.1) is 5.92 Å². The smallest absolute Gasteiger partial charge is 0.459 e. The van der Waals surface area contributed by atoms with Crippen molar-refractivity contribution in [2.75, 3.05) is 12.3 Å². The molecule has 206 valence electrons. The summed E-state index contributed by atoms with van der Waals surface area (Å²) in [5.74, 6) is -0.777. The van der Waals surface area contributed by atoms with E-state index in [-0.39, 0.29) is 18.2 Å². The molecular formula is C25H33FN5O6P. The molecule has 0 saturated carbocycles. The Bertz CT molecular complexity index is 1320. The predicted molar refractivity (Wildman–Crippen MR) is 139 cm³/mol. The summed E-state index contributed by atoms with van der Waals surface area (Å²) in [5.41, 5.74) is 4.52. The number of hydrogen-bond acceptors (Lipinski definition) is 9. The minimum absolute atomic E-state index is 0.153. The van der Waals surface area contributed by atoms with Crippen molar-refractivity contribution in [3.63, 3.8) is 0 Å². The van der Waals surface area contributed by atoms with Gasteiger partial charge in [0.2, 0.25) is 0 Å². The number of fused-ring (bicyclic) bond motifs is 1. The molecule has 38 heavy (non-hydrogen) atoms. The monoisotopic (exact) mass is 549 g/mol. The van der Waals surface area contributed by atoms with Crippen LogP contribution in [-0.4, -0.2) is 51.0 Å². The van der Waals surface area contributed by atoms with E-state index in [0.29, 0.717) is 11.0 Å². The number of para-hydroxylation sites is 1. The number of ether oxygens (including phenoxy) is 2. The first-order valence-electron chi connectivity index (χ1n) is 12.4. The number of carbonyl (C=O) groups is 1. The molecule has 13 heteroatoms. The van der Waals surface area contributed by atoms with Crippen LogP contribution in [0.3, 0.4) is 0 Å². The van der Waals surface area contributed by atoms with E-state index in [1.807, 2.05) is 0 Å². The second-order valence-corrected chi connectivity index (χ2v) is 11.1. The second-order valence-electron chi connectivity index (χ2n) is 9.43. The lowest BCUT2D eigenvalue weighted by Gasteiger charge is -2.29. The van der Waals surface area contributed by atoms with E-state index in [4.69, 9.17) is 24.3 Å². The maximum atomic E-state index is 16.2. The van der Waals surface area contributed by atoms with E-state index in [0.717, 1.165) is 0 Å². The summed E-state index contributed by atoms with van der Waals surface area (Å²) >= 11 is 0. The number of hydrogen-bond donors (Lipinski definition) is 2. The minimum Gasteiger partial charge on any atom is -0.465 e. The number of nitrogens with zero attached hydrogens (tertiary/aromatic N) is 3. The fourth-order valence-electron chi connectivity index (χ4n) is 4.51. The summed E-state index contributed by atoms with van der Waals surface area (Å²) in [5, 5.41) is 3.21. The van der Waals surface area contributed by atoms with Crippen LogP contribution in [0.4, 0.5) is 10.2 Å². The van der Waals surface area contributed by atoms with Crippen molar-refractivity contribution in [2.24, 2.45) is 5.92 Å². The third-order valence-corrected chi connectivity index (χ3v) is 8.44. The molecule has 3 aromatic rings. The molecule has 1 aliphatic heterocycles. The van der Waals surface area contributed by atoms with E-state index in [2.05, 4.69) is 15.1 Å². The highest BCUT2D eigenvalue weighted by atomic mass is 31.2.